The first-order valence-electron chi connectivity index (χ1n) is 8.48. The summed E-state index contributed by atoms with van der Waals surface area (Å²) in [6.45, 7) is 5.95. The molecule has 0 radical (unpaired) electrons. The molecule has 0 aromatic carbocycles. The zero-order valence-electron chi connectivity index (χ0n) is 12.7. The van der Waals surface area contributed by atoms with E-state index in [1.165, 1.54) is 18.9 Å². The van der Waals surface area contributed by atoms with Crippen molar-refractivity contribution in [3.63, 3.8) is 0 Å². The van der Waals surface area contributed by atoms with Gasteiger partial charge in [-0.05, 0) is 73.5 Å². The van der Waals surface area contributed by atoms with Crippen LogP contribution in [0.1, 0.15) is 45.4 Å². The van der Waals surface area contributed by atoms with Gasteiger partial charge in [0, 0.05) is 6.08 Å². The first-order chi connectivity index (χ1) is 9.90. The normalized spacial score (nSPS) is 62.1. The van der Waals surface area contributed by atoms with E-state index in [-0.39, 0.29) is 17.0 Å². The summed E-state index contributed by atoms with van der Waals surface area (Å²) in [6.07, 6.45) is 7.62. The number of aliphatic hydroxyl groups is 1. The largest absolute Gasteiger partial charge is 0.456 e. The number of rotatable bonds is 2. The number of ether oxygens (including phenoxy) is 1. The van der Waals surface area contributed by atoms with Gasteiger partial charge in [-0.15, -0.1) is 0 Å². The van der Waals surface area contributed by atoms with Crippen LogP contribution in [0.4, 0.5) is 0 Å². The second kappa shape index (κ2) is 3.40. The maximum atomic E-state index is 11.8. The maximum absolute atomic E-state index is 11.8. The van der Waals surface area contributed by atoms with Crippen LogP contribution >= 0.6 is 0 Å². The van der Waals surface area contributed by atoms with Gasteiger partial charge in [0.1, 0.15) is 5.60 Å². The molecule has 3 nitrogen and oxygen atoms in total. The molecule has 0 amide bonds. The Bertz CT molecular complexity index is 525. The highest BCUT2D eigenvalue weighted by molar-refractivity contribution is 5.81. The minimum absolute atomic E-state index is 0.279. The highest BCUT2D eigenvalue weighted by Gasteiger charge is 2.77. The summed E-state index contributed by atoms with van der Waals surface area (Å²) in [5.41, 5.74) is -0.499. The number of hydrogen-bond donors (Lipinski definition) is 1. The van der Waals surface area contributed by atoms with E-state index >= 15 is 0 Å². The molecule has 0 aliphatic heterocycles. The molecule has 8 unspecified atom stereocenters. The predicted octanol–water partition coefficient (Wildman–Crippen LogP) is 2.68. The highest BCUT2D eigenvalue weighted by Crippen LogP contribution is 2.78. The van der Waals surface area contributed by atoms with Crippen LogP contribution in [0.2, 0.25) is 0 Å². The molecule has 7 saturated carbocycles. The fourth-order valence-electron chi connectivity index (χ4n) is 7.78. The zero-order valence-corrected chi connectivity index (χ0v) is 12.7. The maximum Gasteiger partial charge on any atom is 0.330 e. The third kappa shape index (κ3) is 1.25. The van der Waals surface area contributed by atoms with Crippen molar-refractivity contribution in [2.45, 2.75) is 56.7 Å². The summed E-state index contributed by atoms with van der Waals surface area (Å²) in [6, 6.07) is 0. The molecule has 0 heterocycles. The lowest BCUT2D eigenvalue weighted by Crippen LogP contribution is -2.78. The van der Waals surface area contributed by atoms with Gasteiger partial charge in [0.05, 0.1) is 5.60 Å². The van der Waals surface area contributed by atoms with Crippen LogP contribution in [0, 0.1) is 35.0 Å². The molecule has 114 valence electrons. The summed E-state index contributed by atoms with van der Waals surface area (Å²) in [5, 5.41) is 11.4. The molecule has 0 aromatic rings. The standard InChI is InChI=1S/C18H24O3/c1-3-15(19)21-17-7-12-11-4-10-5-16(12,2)14(9-17)18(20,6-10)13(11)8-17/h3,10-14,20H,1,4-9H2,2H3. The van der Waals surface area contributed by atoms with E-state index in [2.05, 4.69) is 13.5 Å². The van der Waals surface area contributed by atoms with Gasteiger partial charge in [0.25, 0.3) is 0 Å². The van der Waals surface area contributed by atoms with E-state index in [4.69, 9.17) is 4.74 Å². The van der Waals surface area contributed by atoms with Crippen molar-refractivity contribution in [1.29, 1.82) is 0 Å². The second-order valence-corrected chi connectivity index (χ2v) is 8.86. The van der Waals surface area contributed by atoms with Crippen LogP contribution in [0.15, 0.2) is 12.7 Å². The quantitative estimate of drug-likeness (QED) is 0.628. The van der Waals surface area contributed by atoms with Crippen LogP contribution in [0.25, 0.3) is 0 Å². The van der Waals surface area contributed by atoms with Crippen molar-refractivity contribution < 1.29 is 14.6 Å². The highest BCUT2D eigenvalue weighted by atomic mass is 16.6. The zero-order chi connectivity index (χ0) is 14.6. The van der Waals surface area contributed by atoms with Gasteiger partial charge < -0.3 is 9.84 Å². The summed E-state index contributed by atoms with van der Waals surface area (Å²) < 4.78 is 5.85. The molecule has 0 saturated heterocycles. The Labute approximate surface area is 125 Å². The fourth-order valence-corrected chi connectivity index (χ4v) is 7.78. The molecule has 21 heavy (non-hydrogen) atoms. The van der Waals surface area contributed by atoms with E-state index in [9.17, 15) is 9.90 Å². The lowest BCUT2D eigenvalue weighted by Gasteiger charge is -2.78. The summed E-state index contributed by atoms with van der Waals surface area (Å²) >= 11 is 0. The van der Waals surface area contributed by atoms with Gasteiger partial charge in [-0.1, -0.05) is 13.5 Å². The van der Waals surface area contributed by atoms with Crippen molar-refractivity contribution >= 4 is 5.97 Å². The Morgan fingerprint density at radius 3 is 2.76 bits per heavy atom. The van der Waals surface area contributed by atoms with Gasteiger partial charge in [-0.3, -0.25) is 0 Å². The first-order valence-corrected chi connectivity index (χ1v) is 8.48. The van der Waals surface area contributed by atoms with Gasteiger partial charge >= 0.3 is 5.97 Å². The Hall–Kier alpha value is -0.830. The summed E-state index contributed by atoms with van der Waals surface area (Å²) in [5.74, 6) is 2.44. The minimum Gasteiger partial charge on any atom is -0.456 e. The number of hydrogen-bond acceptors (Lipinski definition) is 3. The van der Waals surface area contributed by atoms with E-state index in [1.807, 2.05) is 0 Å². The average molecular weight is 288 g/mol. The van der Waals surface area contributed by atoms with Crippen LogP contribution in [-0.4, -0.2) is 22.3 Å². The third-order valence-corrected chi connectivity index (χ3v) is 8.12. The van der Waals surface area contributed by atoms with E-state index < -0.39 is 5.60 Å². The smallest absolute Gasteiger partial charge is 0.330 e. The van der Waals surface area contributed by atoms with Gasteiger partial charge in [-0.2, -0.15) is 0 Å². The van der Waals surface area contributed by atoms with Gasteiger partial charge in [-0.25, -0.2) is 4.79 Å². The Morgan fingerprint density at radius 2 is 2.00 bits per heavy atom. The fraction of sp³-hybridized carbons (Fsp3) is 0.833. The van der Waals surface area contributed by atoms with Gasteiger partial charge in [0.2, 0.25) is 0 Å². The molecule has 3 heteroatoms. The molecular formula is C18H24O3. The molecular weight excluding hydrogens is 264 g/mol. The Balaban J connectivity index is 1.60. The lowest BCUT2D eigenvalue weighted by atomic mass is 9.29. The average Bonchev–Trinajstić information content (AvgIpc) is 2.43. The Kier molecular flexibility index (Phi) is 2.05. The van der Waals surface area contributed by atoms with Crippen molar-refractivity contribution in [2.75, 3.05) is 0 Å². The van der Waals surface area contributed by atoms with Crippen LogP contribution in [0.3, 0.4) is 0 Å². The van der Waals surface area contributed by atoms with Crippen molar-refractivity contribution in [1.82, 2.24) is 0 Å². The van der Waals surface area contributed by atoms with Crippen molar-refractivity contribution in [3.05, 3.63) is 12.7 Å². The van der Waals surface area contributed by atoms with Gasteiger partial charge in [0.15, 0.2) is 0 Å². The molecule has 1 N–H and O–H groups in total. The molecule has 0 aromatic heterocycles. The van der Waals surface area contributed by atoms with Crippen LogP contribution in [0.5, 0.6) is 0 Å². The molecule has 7 fully saturated rings. The van der Waals surface area contributed by atoms with Crippen LogP contribution in [-0.2, 0) is 9.53 Å². The summed E-state index contributed by atoms with van der Waals surface area (Å²) in [4.78, 5) is 11.8. The monoisotopic (exact) mass is 288 g/mol. The number of carbonyl (C=O) groups is 1. The minimum atomic E-state index is -0.471. The lowest BCUT2D eigenvalue weighted by molar-refractivity contribution is -0.349. The number of carbonyl (C=O) groups excluding carboxylic acids is 1. The SMILES string of the molecule is C=CC(=O)OC12CC3C4CC5CC3(C)C(C1)C(O)(C5)C4C2. The molecule has 0 spiro atoms. The topological polar surface area (TPSA) is 46.5 Å². The molecule has 8 bridgehead atoms. The van der Waals surface area contributed by atoms with Crippen molar-refractivity contribution in [3.8, 4) is 0 Å². The Morgan fingerprint density at radius 1 is 1.24 bits per heavy atom. The van der Waals surface area contributed by atoms with E-state index in [0.29, 0.717) is 23.7 Å². The molecule has 8 atom stereocenters. The second-order valence-electron chi connectivity index (χ2n) is 8.86. The molecule has 7 aliphatic carbocycles. The predicted molar refractivity (Wildman–Crippen MR) is 77.2 cm³/mol. The van der Waals surface area contributed by atoms with Crippen LogP contribution < -0.4 is 0 Å². The molecule has 7 aliphatic rings. The molecule has 7 rings (SSSR count). The third-order valence-electron chi connectivity index (χ3n) is 8.12. The van der Waals surface area contributed by atoms with Crippen molar-refractivity contribution in [2.24, 2.45) is 35.0 Å². The van der Waals surface area contributed by atoms with E-state index in [0.717, 1.165) is 31.6 Å². The van der Waals surface area contributed by atoms with E-state index in [1.54, 1.807) is 0 Å². The first kappa shape index (κ1) is 12.7. The number of esters is 1. The summed E-state index contributed by atoms with van der Waals surface area (Å²) in [7, 11) is 0.